The van der Waals surface area contributed by atoms with E-state index in [1.54, 1.807) is 45.8 Å². The average molecular weight is 1040 g/mol. The fraction of sp³-hybridized carbons (Fsp3) is 0.161. The third-order valence-electron chi connectivity index (χ3n) is 12.7. The highest BCUT2D eigenvalue weighted by Gasteiger charge is 2.20. The summed E-state index contributed by atoms with van der Waals surface area (Å²) in [6.07, 6.45) is 3.77. The summed E-state index contributed by atoms with van der Waals surface area (Å²) in [5.74, 6) is 2.33. The molecule has 0 bridgehead atoms. The van der Waals surface area contributed by atoms with E-state index in [0.717, 1.165) is 33.6 Å². The molecule has 0 spiro atoms. The van der Waals surface area contributed by atoms with E-state index >= 15 is 0 Å². The van der Waals surface area contributed by atoms with Crippen LogP contribution in [-0.2, 0) is 35.8 Å². The molecule has 0 aliphatic carbocycles. The van der Waals surface area contributed by atoms with Gasteiger partial charge in [-0.25, -0.2) is 9.36 Å². The summed E-state index contributed by atoms with van der Waals surface area (Å²) in [5, 5.41) is 18.4. The molecule has 11 aromatic rings. The maximum absolute atomic E-state index is 13.5. The first kappa shape index (κ1) is 50.5. The SMILES string of the molecule is O=c1c(OCc2ccccc2)c(-c2ccc(OCCOCCn3cc(-c4cccc(-c5cn(CCOCCOc6ccc(-c7oc8ccccc8c(=O)c7OCc7ccccc7)cc6)nn5)c4)nn3)cc2)oc2ccccc12. The maximum atomic E-state index is 13.5. The molecule has 11 rings (SSSR count). The molecule has 0 radical (unpaired) electrons. The fourth-order valence-corrected chi connectivity index (χ4v) is 8.63. The lowest BCUT2D eigenvalue weighted by atomic mass is 10.1. The molecule has 16 heteroatoms. The van der Waals surface area contributed by atoms with Crippen LogP contribution in [0.5, 0.6) is 23.0 Å². The number of benzene rings is 7. The summed E-state index contributed by atoms with van der Waals surface area (Å²) >= 11 is 0. The van der Waals surface area contributed by atoms with Crippen LogP contribution in [0.25, 0.3) is 67.1 Å². The third kappa shape index (κ3) is 12.2. The molecule has 4 heterocycles. The van der Waals surface area contributed by atoms with Crippen molar-refractivity contribution in [2.24, 2.45) is 0 Å². The number of rotatable bonds is 24. The van der Waals surface area contributed by atoms with E-state index in [-0.39, 0.29) is 35.6 Å². The van der Waals surface area contributed by atoms with Gasteiger partial charge in [0, 0.05) is 22.3 Å². The minimum Gasteiger partial charge on any atom is -0.491 e. The summed E-state index contributed by atoms with van der Waals surface area (Å²) < 4.78 is 51.8. The normalized spacial score (nSPS) is 11.3. The minimum absolute atomic E-state index is 0.161. The third-order valence-corrected chi connectivity index (χ3v) is 12.7. The minimum atomic E-state index is -0.227. The zero-order valence-corrected chi connectivity index (χ0v) is 42.3. The predicted octanol–water partition coefficient (Wildman–Crippen LogP) is 11.1. The Hall–Kier alpha value is -9.64. The summed E-state index contributed by atoms with van der Waals surface area (Å²) in [4.78, 5) is 27.1. The molecule has 78 heavy (non-hydrogen) atoms. The van der Waals surface area contributed by atoms with Gasteiger partial charge in [0.15, 0.2) is 11.5 Å². The van der Waals surface area contributed by atoms with Crippen molar-refractivity contribution >= 4 is 21.9 Å². The highest BCUT2D eigenvalue weighted by Crippen LogP contribution is 2.34. The summed E-state index contributed by atoms with van der Waals surface area (Å²) in [6.45, 7) is 3.69. The smallest absolute Gasteiger partial charge is 0.235 e. The second-order valence-corrected chi connectivity index (χ2v) is 18.0. The zero-order chi connectivity index (χ0) is 52.9. The Balaban J connectivity index is 0.605. The molecule has 0 amide bonds. The van der Waals surface area contributed by atoms with Crippen LogP contribution in [0.15, 0.2) is 213 Å². The fourth-order valence-electron chi connectivity index (χ4n) is 8.63. The van der Waals surface area contributed by atoms with Crippen LogP contribution in [0.3, 0.4) is 0 Å². The van der Waals surface area contributed by atoms with Crippen LogP contribution in [0.2, 0.25) is 0 Å². The van der Waals surface area contributed by atoms with Crippen LogP contribution >= 0.6 is 0 Å². The number of hydrogen-bond donors (Lipinski definition) is 0. The lowest BCUT2D eigenvalue weighted by Crippen LogP contribution is -2.11. The van der Waals surface area contributed by atoms with E-state index in [9.17, 15) is 9.59 Å². The second kappa shape index (κ2) is 24.4. The predicted molar refractivity (Wildman–Crippen MR) is 294 cm³/mol. The van der Waals surface area contributed by atoms with E-state index in [4.69, 9.17) is 37.3 Å². The largest absolute Gasteiger partial charge is 0.491 e. The van der Waals surface area contributed by atoms with Gasteiger partial charge >= 0.3 is 0 Å². The molecule has 0 saturated carbocycles. The molecule has 0 unspecified atom stereocenters. The number of fused-ring (bicyclic) bond motifs is 2. The van der Waals surface area contributed by atoms with E-state index in [1.807, 2.05) is 158 Å². The van der Waals surface area contributed by atoms with Gasteiger partial charge in [0.25, 0.3) is 0 Å². The first-order valence-electron chi connectivity index (χ1n) is 25.5. The first-order chi connectivity index (χ1) is 38.5. The Labute approximate surface area is 447 Å². The molecule has 0 N–H and O–H groups in total. The molecule has 0 aliphatic heterocycles. The van der Waals surface area contributed by atoms with Crippen LogP contribution in [0, 0.1) is 0 Å². The van der Waals surface area contributed by atoms with Gasteiger partial charge in [-0.1, -0.05) is 114 Å². The Morgan fingerprint density at radius 3 is 1.27 bits per heavy atom. The van der Waals surface area contributed by atoms with Gasteiger partial charge in [-0.05, 0) is 90.0 Å². The van der Waals surface area contributed by atoms with Crippen LogP contribution in [-0.4, -0.2) is 69.6 Å². The van der Waals surface area contributed by atoms with E-state index in [2.05, 4.69) is 20.6 Å². The zero-order valence-electron chi connectivity index (χ0n) is 42.3. The van der Waals surface area contributed by atoms with Gasteiger partial charge in [-0.2, -0.15) is 0 Å². The maximum Gasteiger partial charge on any atom is 0.235 e. The van der Waals surface area contributed by atoms with Gasteiger partial charge in [-0.15, -0.1) is 10.2 Å². The van der Waals surface area contributed by atoms with Gasteiger partial charge < -0.3 is 37.3 Å². The molecule has 0 fully saturated rings. The van der Waals surface area contributed by atoms with Crippen molar-refractivity contribution < 1.29 is 37.3 Å². The van der Waals surface area contributed by atoms with Crippen LogP contribution in [0.1, 0.15) is 11.1 Å². The van der Waals surface area contributed by atoms with Crippen molar-refractivity contribution in [1.29, 1.82) is 0 Å². The lowest BCUT2D eigenvalue weighted by Gasteiger charge is -2.12. The van der Waals surface area contributed by atoms with Gasteiger partial charge in [0.05, 0.1) is 62.7 Å². The summed E-state index contributed by atoms with van der Waals surface area (Å²) in [5.41, 5.74) is 6.99. The van der Waals surface area contributed by atoms with Crippen LogP contribution in [0.4, 0.5) is 0 Å². The second-order valence-electron chi connectivity index (χ2n) is 18.0. The number of nitrogens with zero attached hydrogens (tertiary/aromatic N) is 6. The van der Waals surface area contributed by atoms with Crippen molar-refractivity contribution in [3.8, 4) is 68.2 Å². The molecular formula is C62H52N6O10. The molecule has 0 atom stereocenters. The van der Waals surface area contributed by atoms with Crippen molar-refractivity contribution in [2.45, 2.75) is 26.3 Å². The van der Waals surface area contributed by atoms with Gasteiger partial charge in [0.2, 0.25) is 22.4 Å². The van der Waals surface area contributed by atoms with E-state index in [1.165, 1.54) is 0 Å². The van der Waals surface area contributed by atoms with Crippen molar-refractivity contribution in [2.75, 3.05) is 39.6 Å². The Bertz CT molecular complexity index is 3630. The highest BCUT2D eigenvalue weighted by molar-refractivity contribution is 5.83. The summed E-state index contributed by atoms with van der Waals surface area (Å²) in [6, 6.07) is 56.3. The number of para-hydroxylation sites is 2. The Morgan fingerprint density at radius 2 is 0.821 bits per heavy atom. The van der Waals surface area contributed by atoms with Crippen molar-refractivity contribution in [3.05, 3.63) is 226 Å². The monoisotopic (exact) mass is 1040 g/mol. The standard InChI is InChI=1S/C62H52N6O10/c69-57-51-18-7-9-20-55(51)77-59(61(57)75-41-43-12-3-1-4-13-43)45-22-26-49(27-23-45)73-36-34-71-32-30-67-39-53(63-65-67)47-16-11-17-48(38-47)54-40-68(66-64-54)31-33-72-35-37-74-50-28-24-46(25-29-50)60-62(76-42-44-14-5-2-6-15-44)58(70)52-19-8-10-21-56(52)78-60/h1-29,38-40H,30-37,41-42H2. The van der Waals surface area contributed by atoms with E-state index in [0.29, 0.717) is 109 Å². The summed E-state index contributed by atoms with van der Waals surface area (Å²) in [7, 11) is 0. The van der Waals surface area contributed by atoms with Gasteiger partial charge in [0.1, 0.15) is 60.5 Å². The molecule has 390 valence electrons. The van der Waals surface area contributed by atoms with Crippen molar-refractivity contribution in [3.63, 3.8) is 0 Å². The topological polar surface area (TPSA) is 177 Å². The lowest BCUT2D eigenvalue weighted by molar-refractivity contribution is 0.0923. The molecule has 7 aromatic carbocycles. The molecule has 0 aliphatic rings. The highest BCUT2D eigenvalue weighted by atomic mass is 16.5. The molecule has 0 saturated heterocycles. The van der Waals surface area contributed by atoms with Gasteiger partial charge in [-0.3, -0.25) is 9.59 Å². The quantitative estimate of drug-likeness (QED) is 0.0522. The number of ether oxygens (including phenoxy) is 6. The first-order valence-corrected chi connectivity index (χ1v) is 25.5. The molecule has 4 aromatic heterocycles. The Morgan fingerprint density at radius 1 is 0.397 bits per heavy atom. The van der Waals surface area contributed by atoms with Crippen molar-refractivity contribution in [1.82, 2.24) is 30.0 Å². The molecule has 16 nitrogen and oxygen atoms in total. The molecular weight excluding hydrogens is 989 g/mol. The number of aromatic nitrogens is 6. The average Bonchev–Trinajstić information content (AvgIpc) is 4.27. The van der Waals surface area contributed by atoms with E-state index < -0.39 is 0 Å². The Kier molecular flexibility index (Phi) is 15.8. The van der Waals surface area contributed by atoms with Crippen LogP contribution < -0.4 is 29.8 Å². The number of hydrogen-bond acceptors (Lipinski definition) is 14.